The van der Waals surface area contributed by atoms with E-state index in [-0.39, 0.29) is 12.3 Å². The van der Waals surface area contributed by atoms with Crippen molar-refractivity contribution in [2.75, 3.05) is 13.2 Å². The van der Waals surface area contributed by atoms with Crippen molar-refractivity contribution in [2.24, 2.45) is 5.92 Å². The fourth-order valence-corrected chi connectivity index (χ4v) is 1.58. The van der Waals surface area contributed by atoms with E-state index >= 15 is 0 Å². The number of carboxylic acid groups (broad SMARTS) is 1. The van der Waals surface area contributed by atoms with Crippen molar-refractivity contribution < 1.29 is 19.0 Å². The summed E-state index contributed by atoms with van der Waals surface area (Å²) in [4.78, 5) is 10.3. The number of rotatable bonds is 3. The van der Waals surface area contributed by atoms with Crippen LogP contribution in [0.25, 0.3) is 0 Å². The van der Waals surface area contributed by atoms with Gasteiger partial charge in [-0.3, -0.25) is 4.79 Å². The molecule has 0 aliphatic carbocycles. The van der Waals surface area contributed by atoms with Gasteiger partial charge in [-0.1, -0.05) is 0 Å². The van der Waals surface area contributed by atoms with Gasteiger partial charge in [-0.25, -0.2) is 4.39 Å². The normalized spacial score (nSPS) is 29.6. The highest BCUT2D eigenvalue weighted by atomic mass is 19.1. The molecule has 76 valence electrons. The zero-order valence-electron chi connectivity index (χ0n) is 7.54. The van der Waals surface area contributed by atoms with Crippen molar-refractivity contribution in [1.82, 2.24) is 0 Å². The first-order valence-electron chi connectivity index (χ1n) is 4.63. The molecular formula is C9H15FO3. The summed E-state index contributed by atoms with van der Waals surface area (Å²) in [7, 11) is 0. The van der Waals surface area contributed by atoms with Crippen molar-refractivity contribution in [1.29, 1.82) is 0 Å². The van der Waals surface area contributed by atoms with Crippen molar-refractivity contribution in [3.63, 3.8) is 0 Å². The summed E-state index contributed by atoms with van der Waals surface area (Å²) in [5.41, 5.74) is 0. The third kappa shape index (κ3) is 3.72. The number of halogens is 1. The summed E-state index contributed by atoms with van der Waals surface area (Å²) in [6.45, 7) is 1.02. The molecule has 3 nitrogen and oxygen atoms in total. The second-order valence-electron chi connectivity index (χ2n) is 3.40. The lowest BCUT2D eigenvalue weighted by Crippen LogP contribution is -2.16. The van der Waals surface area contributed by atoms with E-state index in [1.807, 2.05) is 0 Å². The molecule has 0 aromatic heterocycles. The Bertz CT molecular complexity index is 172. The zero-order chi connectivity index (χ0) is 9.68. The van der Waals surface area contributed by atoms with Gasteiger partial charge in [0.15, 0.2) is 0 Å². The largest absolute Gasteiger partial charge is 0.481 e. The molecule has 0 radical (unpaired) electrons. The van der Waals surface area contributed by atoms with Crippen LogP contribution in [0, 0.1) is 5.92 Å². The second kappa shape index (κ2) is 5.17. The predicted molar refractivity (Wildman–Crippen MR) is 45.3 cm³/mol. The van der Waals surface area contributed by atoms with E-state index in [0.29, 0.717) is 32.5 Å². The molecule has 1 aliphatic rings. The van der Waals surface area contributed by atoms with Gasteiger partial charge < -0.3 is 9.84 Å². The first-order valence-corrected chi connectivity index (χ1v) is 4.63. The van der Waals surface area contributed by atoms with E-state index in [0.717, 1.165) is 0 Å². The Balaban J connectivity index is 2.31. The summed E-state index contributed by atoms with van der Waals surface area (Å²) in [5.74, 6) is -0.976. The van der Waals surface area contributed by atoms with Gasteiger partial charge in [0.2, 0.25) is 0 Å². The Hall–Kier alpha value is -0.640. The number of ether oxygens (including phenoxy) is 1. The van der Waals surface area contributed by atoms with E-state index in [2.05, 4.69) is 0 Å². The van der Waals surface area contributed by atoms with Crippen LogP contribution in [0.2, 0.25) is 0 Å². The van der Waals surface area contributed by atoms with Crippen molar-refractivity contribution >= 4 is 5.97 Å². The van der Waals surface area contributed by atoms with Crippen LogP contribution in [-0.4, -0.2) is 30.5 Å². The molecule has 0 aromatic rings. The summed E-state index contributed by atoms with van der Waals surface area (Å²) in [5, 5.41) is 8.45. The molecule has 0 spiro atoms. The van der Waals surface area contributed by atoms with Gasteiger partial charge in [0.25, 0.3) is 0 Å². The number of carboxylic acids is 1. The molecule has 1 heterocycles. The lowest BCUT2D eigenvalue weighted by atomic mass is 9.94. The average molecular weight is 190 g/mol. The molecule has 0 saturated carbocycles. The number of aliphatic carboxylic acids is 1. The minimum absolute atomic E-state index is 0.0606. The highest BCUT2D eigenvalue weighted by Gasteiger charge is 2.23. The van der Waals surface area contributed by atoms with Gasteiger partial charge in [0, 0.05) is 26.1 Å². The summed E-state index contributed by atoms with van der Waals surface area (Å²) >= 11 is 0. The Labute approximate surface area is 76.9 Å². The van der Waals surface area contributed by atoms with E-state index in [9.17, 15) is 9.18 Å². The van der Waals surface area contributed by atoms with Gasteiger partial charge >= 0.3 is 5.97 Å². The Morgan fingerprint density at radius 3 is 2.85 bits per heavy atom. The van der Waals surface area contributed by atoms with Crippen LogP contribution in [0.4, 0.5) is 4.39 Å². The minimum Gasteiger partial charge on any atom is -0.481 e. The topological polar surface area (TPSA) is 46.5 Å². The lowest BCUT2D eigenvalue weighted by molar-refractivity contribution is -0.137. The smallest absolute Gasteiger partial charge is 0.303 e. The molecular weight excluding hydrogens is 175 g/mol. The Morgan fingerprint density at radius 2 is 2.15 bits per heavy atom. The SMILES string of the molecule is O=C(O)CC[C@H]1CCOCC[C@H]1F. The van der Waals surface area contributed by atoms with Gasteiger partial charge in [0.05, 0.1) is 0 Å². The van der Waals surface area contributed by atoms with Crippen molar-refractivity contribution in [2.45, 2.75) is 31.9 Å². The number of hydrogen-bond donors (Lipinski definition) is 1. The van der Waals surface area contributed by atoms with E-state index in [4.69, 9.17) is 9.84 Å². The Kier molecular flexibility index (Phi) is 4.15. The molecule has 0 amide bonds. The third-order valence-electron chi connectivity index (χ3n) is 2.41. The molecule has 1 rings (SSSR count). The molecule has 13 heavy (non-hydrogen) atoms. The maximum atomic E-state index is 13.3. The van der Waals surface area contributed by atoms with Crippen LogP contribution in [0.5, 0.6) is 0 Å². The summed E-state index contributed by atoms with van der Waals surface area (Å²) in [6, 6.07) is 0. The quantitative estimate of drug-likeness (QED) is 0.735. The van der Waals surface area contributed by atoms with Crippen LogP contribution >= 0.6 is 0 Å². The average Bonchev–Trinajstić information content (AvgIpc) is 2.27. The highest BCUT2D eigenvalue weighted by molar-refractivity contribution is 5.66. The summed E-state index contributed by atoms with van der Waals surface area (Å²) < 4.78 is 18.4. The first kappa shape index (κ1) is 10.4. The minimum atomic E-state index is -0.887. The molecule has 0 bridgehead atoms. The number of alkyl halides is 1. The maximum absolute atomic E-state index is 13.3. The molecule has 1 fully saturated rings. The van der Waals surface area contributed by atoms with Gasteiger partial charge in [-0.2, -0.15) is 0 Å². The molecule has 4 heteroatoms. The highest BCUT2D eigenvalue weighted by Crippen LogP contribution is 2.23. The third-order valence-corrected chi connectivity index (χ3v) is 2.41. The fourth-order valence-electron chi connectivity index (χ4n) is 1.58. The Morgan fingerprint density at radius 1 is 1.46 bits per heavy atom. The van der Waals surface area contributed by atoms with Crippen molar-refractivity contribution in [3.8, 4) is 0 Å². The fraction of sp³-hybridized carbons (Fsp3) is 0.889. The maximum Gasteiger partial charge on any atom is 0.303 e. The van der Waals surface area contributed by atoms with E-state index < -0.39 is 12.1 Å². The molecule has 1 N–H and O–H groups in total. The van der Waals surface area contributed by atoms with Crippen LogP contribution in [0.1, 0.15) is 25.7 Å². The molecule has 1 saturated heterocycles. The standard InChI is InChI=1S/C9H15FO3/c10-8-4-6-13-5-3-7(8)1-2-9(11)12/h7-8H,1-6H2,(H,11,12)/t7-,8+/m0/s1. The number of carbonyl (C=O) groups is 1. The number of hydrogen-bond acceptors (Lipinski definition) is 2. The zero-order valence-corrected chi connectivity index (χ0v) is 7.54. The lowest BCUT2D eigenvalue weighted by Gasteiger charge is -2.15. The van der Waals surface area contributed by atoms with E-state index in [1.54, 1.807) is 0 Å². The molecule has 1 aliphatic heterocycles. The second-order valence-corrected chi connectivity index (χ2v) is 3.40. The van der Waals surface area contributed by atoms with Gasteiger partial charge in [-0.05, 0) is 18.8 Å². The van der Waals surface area contributed by atoms with Crippen LogP contribution in [-0.2, 0) is 9.53 Å². The van der Waals surface area contributed by atoms with E-state index in [1.165, 1.54) is 0 Å². The van der Waals surface area contributed by atoms with Crippen molar-refractivity contribution in [3.05, 3.63) is 0 Å². The van der Waals surface area contributed by atoms with Crippen LogP contribution < -0.4 is 0 Å². The predicted octanol–water partition coefficient (Wildman–Crippen LogP) is 1.62. The van der Waals surface area contributed by atoms with Gasteiger partial charge in [0.1, 0.15) is 6.17 Å². The first-order chi connectivity index (χ1) is 6.20. The summed E-state index contributed by atoms with van der Waals surface area (Å²) in [6.07, 6.45) is 0.658. The van der Waals surface area contributed by atoms with Crippen LogP contribution in [0.15, 0.2) is 0 Å². The molecule has 2 atom stereocenters. The molecule has 0 unspecified atom stereocenters. The molecule has 0 aromatic carbocycles. The van der Waals surface area contributed by atoms with Crippen LogP contribution in [0.3, 0.4) is 0 Å². The monoisotopic (exact) mass is 190 g/mol. The van der Waals surface area contributed by atoms with Gasteiger partial charge in [-0.15, -0.1) is 0 Å².